The molecule has 0 fully saturated rings. The molecule has 0 bridgehead atoms. The highest BCUT2D eigenvalue weighted by molar-refractivity contribution is 5.79. The van der Waals surface area contributed by atoms with Crippen molar-refractivity contribution in [3.63, 3.8) is 0 Å². The van der Waals surface area contributed by atoms with Crippen LogP contribution in [0.2, 0.25) is 0 Å². The Labute approximate surface area is 215 Å². The normalized spacial score (nSPS) is 9.88. The Morgan fingerprint density at radius 1 is 0.765 bits per heavy atom. The molecule has 1 aromatic rings. The smallest absolute Gasteiger partial charge is 0.0281 e. The standard InChI is InChI=1S/C9H11N.C8H12.C7H16.C5H12.C4H8/c1-8-3-5-9(6-4-8)7-10-2;1-7(2)5-6-8(3)4;1-3-5-7-6-4-2;1-5(2,3)4;1-4(2)3/h3-7H,1-2H3;5-6H,1,3H2,2,4H3;3-7H2,1-2H3;1-4H3;1H2,2-3H3/b;6-5-;;;. The van der Waals surface area contributed by atoms with Crippen molar-refractivity contribution in [1.29, 1.82) is 0 Å². The number of benzene rings is 1. The molecule has 0 spiro atoms. The van der Waals surface area contributed by atoms with Gasteiger partial charge in [0.1, 0.15) is 0 Å². The maximum Gasteiger partial charge on any atom is 0.0281 e. The maximum atomic E-state index is 3.91. The Balaban J connectivity index is -0.000000172. The molecule has 0 saturated heterocycles. The van der Waals surface area contributed by atoms with Crippen molar-refractivity contribution in [1.82, 2.24) is 0 Å². The van der Waals surface area contributed by atoms with Crippen molar-refractivity contribution < 1.29 is 0 Å². The third-order valence-corrected chi connectivity index (χ3v) is 3.21. The van der Waals surface area contributed by atoms with Crippen molar-refractivity contribution >= 4 is 6.21 Å². The number of hydrogen-bond acceptors (Lipinski definition) is 1. The molecular formula is C33H59N. The molecule has 0 saturated carbocycles. The summed E-state index contributed by atoms with van der Waals surface area (Å²) in [6.07, 6.45) is 12.7. The molecule has 0 heterocycles. The van der Waals surface area contributed by atoms with Gasteiger partial charge in [0, 0.05) is 13.3 Å². The van der Waals surface area contributed by atoms with Crippen LogP contribution < -0.4 is 0 Å². The molecule has 34 heavy (non-hydrogen) atoms. The molecule has 1 heteroatoms. The van der Waals surface area contributed by atoms with E-state index in [1.165, 1.54) is 43.2 Å². The van der Waals surface area contributed by atoms with Gasteiger partial charge in [-0.1, -0.05) is 146 Å². The SMILES string of the molecule is C=C(C)/C=C\C(=C)C.C=C(C)C.CC(C)(C)C.CCCCCCC.CN=Cc1ccc(C)cc1. The summed E-state index contributed by atoms with van der Waals surface area (Å²) < 4.78 is 0. The average molecular weight is 470 g/mol. The Morgan fingerprint density at radius 2 is 1.09 bits per heavy atom. The Bertz CT molecular complexity index is 633. The molecule has 0 atom stereocenters. The number of hydrogen-bond donors (Lipinski definition) is 0. The molecule has 0 unspecified atom stereocenters. The summed E-state index contributed by atoms with van der Waals surface area (Å²) in [6, 6.07) is 8.28. The summed E-state index contributed by atoms with van der Waals surface area (Å²) in [5, 5.41) is 0. The Morgan fingerprint density at radius 3 is 1.32 bits per heavy atom. The van der Waals surface area contributed by atoms with E-state index < -0.39 is 0 Å². The third-order valence-electron chi connectivity index (χ3n) is 3.21. The van der Waals surface area contributed by atoms with Gasteiger partial charge in [0.05, 0.1) is 0 Å². The fourth-order valence-corrected chi connectivity index (χ4v) is 1.76. The topological polar surface area (TPSA) is 12.4 Å². The van der Waals surface area contributed by atoms with E-state index in [0.717, 1.165) is 16.7 Å². The number of aryl methyl sites for hydroxylation is 1. The second-order valence-electron chi connectivity index (χ2n) is 10.6. The zero-order valence-electron chi connectivity index (χ0n) is 25.1. The van der Waals surface area contributed by atoms with Gasteiger partial charge in [-0.15, -0.1) is 6.58 Å². The van der Waals surface area contributed by atoms with Gasteiger partial charge < -0.3 is 0 Å². The first-order chi connectivity index (χ1) is 15.6. The lowest BCUT2D eigenvalue weighted by Gasteiger charge is -2.05. The summed E-state index contributed by atoms with van der Waals surface area (Å²) in [6.45, 7) is 34.1. The van der Waals surface area contributed by atoms with Crippen LogP contribution in [0.3, 0.4) is 0 Å². The zero-order valence-corrected chi connectivity index (χ0v) is 25.1. The first-order valence-corrected chi connectivity index (χ1v) is 12.7. The van der Waals surface area contributed by atoms with E-state index in [1.54, 1.807) is 7.05 Å². The fraction of sp³-hybridized carbons (Fsp3) is 0.545. The summed E-state index contributed by atoms with van der Waals surface area (Å²) in [5.41, 5.74) is 6.24. The summed E-state index contributed by atoms with van der Waals surface area (Å²) in [4.78, 5) is 3.91. The molecule has 0 N–H and O–H groups in total. The number of aliphatic imine (C=N–C) groups is 1. The highest BCUT2D eigenvalue weighted by atomic mass is 14.6. The lowest BCUT2D eigenvalue weighted by atomic mass is 10.0. The summed E-state index contributed by atoms with van der Waals surface area (Å²) in [7, 11) is 1.78. The minimum absolute atomic E-state index is 0.500. The lowest BCUT2D eigenvalue weighted by molar-refractivity contribution is 0.469. The Hall–Kier alpha value is -2.15. The van der Waals surface area contributed by atoms with Gasteiger partial charge in [0.2, 0.25) is 0 Å². The fourth-order valence-electron chi connectivity index (χ4n) is 1.76. The first-order valence-electron chi connectivity index (χ1n) is 12.7. The molecule has 0 amide bonds. The molecule has 1 aromatic carbocycles. The van der Waals surface area contributed by atoms with Crippen molar-refractivity contribution in [3.05, 3.63) is 84.0 Å². The van der Waals surface area contributed by atoms with Gasteiger partial charge in [-0.05, 0) is 45.6 Å². The molecule has 196 valence electrons. The van der Waals surface area contributed by atoms with E-state index in [0.29, 0.717) is 5.41 Å². The molecule has 1 rings (SSSR count). The van der Waals surface area contributed by atoms with Crippen molar-refractivity contribution in [3.8, 4) is 0 Å². The van der Waals surface area contributed by atoms with E-state index in [-0.39, 0.29) is 0 Å². The van der Waals surface area contributed by atoms with Gasteiger partial charge in [0.25, 0.3) is 0 Å². The van der Waals surface area contributed by atoms with Crippen LogP contribution in [0.15, 0.2) is 77.9 Å². The molecule has 0 aliphatic carbocycles. The van der Waals surface area contributed by atoms with E-state index >= 15 is 0 Å². The van der Waals surface area contributed by atoms with E-state index in [1.807, 2.05) is 46.1 Å². The van der Waals surface area contributed by atoms with Crippen molar-refractivity contribution in [2.75, 3.05) is 7.05 Å². The van der Waals surface area contributed by atoms with Crippen LogP contribution in [0, 0.1) is 12.3 Å². The van der Waals surface area contributed by atoms with Crippen LogP contribution in [-0.4, -0.2) is 13.3 Å². The number of unbranched alkanes of at least 4 members (excludes halogenated alkanes) is 4. The average Bonchev–Trinajstić information content (AvgIpc) is 2.68. The van der Waals surface area contributed by atoms with E-state index in [4.69, 9.17) is 0 Å². The minimum Gasteiger partial charge on any atom is -0.296 e. The molecule has 1 nitrogen and oxygen atoms in total. The van der Waals surface area contributed by atoms with Gasteiger partial charge in [-0.25, -0.2) is 0 Å². The van der Waals surface area contributed by atoms with Crippen LogP contribution in [-0.2, 0) is 0 Å². The van der Waals surface area contributed by atoms with Gasteiger partial charge in [-0.3, -0.25) is 4.99 Å². The second-order valence-corrected chi connectivity index (χ2v) is 10.6. The van der Waals surface area contributed by atoms with Crippen LogP contribution >= 0.6 is 0 Å². The summed E-state index contributed by atoms with van der Waals surface area (Å²) >= 11 is 0. The molecule has 0 aliphatic rings. The van der Waals surface area contributed by atoms with Crippen LogP contribution in [0.4, 0.5) is 0 Å². The minimum atomic E-state index is 0.500. The number of rotatable bonds is 7. The first kappa shape index (κ1) is 39.1. The maximum absolute atomic E-state index is 3.91. The van der Waals surface area contributed by atoms with E-state index in [2.05, 4.69) is 97.5 Å². The van der Waals surface area contributed by atoms with Gasteiger partial charge in [-0.2, -0.15) is 0 Å². The molecule has 0 aliphatic heterocycles. The van der Waals surface area contributed by atoms with Crippen LogP contribution in [0.25, 0.3) is 0 Å². The molecule has 0 aromatic heterocycles. The quantitative estimate of drug-likeness (QED) is 0.163. The van der Waals surface area contributed by atoms with Crippen molar-refractivity contribution in [2.24, 2.45) is 10.4 Å². The van der Waals surface area contributed by atoms with Crippen LogP contribution in [0.5, 0.6) is 0 Å². The summed E-state index contributed by atoms with van der Waals surface area (Å²) in [5.74, 6) is 0. The largest absolute Gasteiger partial charge is 0.296 e. The van der Waals surface area contributed by atoms with E-state index in [9.17, 15) is 0 Å². The second kappa shape index (κ2) is 27.1. The highest BCUT2D eigenvalue weighted by Crippen LogP contribution is 2.08. The Kier molecular flexibility index (Phi) is 31.1. The number of allylic oxidation sites excluding steroid dienone is 5. The monoisotopic (exact) mass is 469 g/mol. The highest BCUT2D eigenvalue weighted by Gasteiger charge is 1.95. The van der Waals surface area contributed by atoms with Crippen LogP contribution in [0.1, 0.15) is 112 Å². The van der Waals surface area contributed by atoms with Gasteiger partial charge in [0.15, 0.2) is 0 Å². The molecular weight excluding hydrogens is 410 g/mol. The molecule has 0 radical (unpaired) electrons. The predicted molar refractivity (Wildman–Crippen MR) is 164 cm³/mol. The number of nitrogens with zero attached hydrogens (tertiary/aromatic N) is 1. The third kappa shape index (κ3) is 63.1. The predicted octanol–water partition coefficient (Wildman–Crippen LogP) is 11.4. The van der Waals surface area contributed by atoms with Gasteiger partial charge >= 0.3 is 0 Å². The zero-order chi connectivity index (χ0) is 27.6. The van der Waals surface area contributed by atoms with Crippen molar-refractivity contribution in [2.45, 2.75) is 108 Å². The lowest BCUT2D eigenvalue weighted by Crippen LogP contribution is -1.93.